The molecule has 0 amide bonds. The van der Waals surface area contributed by atoms with E-state index in [4.69, 9.17) is 11.6 Å². The molecule has 2 atom stereocenters. The van der Waals surface area contributed by atoms with Crippen LogP contribution >= 0.6 is 11.6 Å². The maximum absolute atomic E-state index is 6.04. The Kier molecular flexibility index (Phi) is 3.20. The maximum Gasteiger partial charge on any atom is 0.0930 e. The second-order valence-electron chi connectivity index (χ2n) is 6.22. The number of hydrogen-bond donors (Lipinski definition) is 0. The van der Waals surface area contributed by atoms with Gasteiger partial charge in [0.1, 0.15) is 0 Å². The zero-order valence-corrected chi connectivity index (χ0v) is 12.7. The topological polar surface area (TPSA) is 29.0 Å². The molecule has 2 aliphatic rings. The first-order chi connectivity index (χ1) is 10.3. The van der Waals surface area contributed by atoms with Crippen LogP contribution in [0.3, 0.4) is 0 Å². The zero-order chi connectivity index (χ0) is 14.3. The molecule has 21 heavy (non-hydrogen) atoms. The first-order valence-corrected chi connectivity index (χ1v) is 7.96. The highest BCUT2D eigenvalue weighted by Crippen LogP contribution is 2.41. The van der Waals surface area contributed by atoms with Crippen LogP contribution in [-0.4, -0.2) is 34.7 Å². The van der Waals surface area contributed by atoms with Gasteiger partial charge in [0.15, 0.2) is 0 Å². The minimum atomic E-state index is 0.248. The molecule has 2 aromatic rings. The van der Waals surface area contributed by atoms with Crippen LogP contribution in [0.4, 0.5) is 0 Å². The van der Waals surface area contributed by atoms with Crippen LogP contribution in [0.2, 0.25) is 5.02 Å². The van der Waals surface area contributed by atoms with Crippen LogP contribution in [0.15, 0.2) is 36.4 Å². The summed E-state index contributed by atoms with van der Waals surface area (Å²) >= 11 is 6.04. The van der Waals surface area contributed by atoms with Gasteiger partial charge in [-0.3, -0.25) is 0 Å². The molecule has 0 radical (unpaired) electrons. The van der Waals surface area contributed by atoms with Crippen molar-refractivity contribution in [2.45, 2.75) is 24.7 Å². The van der Waals surface area contributed by atoms with Crippen molar-refractivity contribution in [3.63, 3.8) is 0 Å². The fourth-order valence-electron chi connectivity index (χ4n) is 3.75. The van der Waals surface area contributed by atoms with Crippen molar-refractivity contribution in [2.75, 3.05) is 19.6 Å². The smallest absolute Gasteiger partial charge is 0.0930 e. The third-order valence-electron chi connectivity index (χ3n) is 4.89. The molecule has 0 saturated carbocycles. The van der Waals surface area contributed by atoms with Gasteiger partial charge in [-0.25, -0.2) is 0 Å². The normalized spacial score (nSPS) is 27.8. The summed E-state index contributed by atoms with van der Waals surface area (Å²) in [5.74, 6) is 0. The van der Waals surface area contributed by atoms with Gasteiger partial charge in [0.25, 0.3) is 0 Å². The van der Waals surface area contributed by atoms with E-state index in [-0.39, 0.29) is 5.41 Å². The average Bonchev–Trinajstić information content (AvgIpc) is 2.83. The Labute approximate surface area is 130 Å². The van der Waals surface area contributed by atoms with Crippen LogP contribution < -0.4 is 0 Å². The molecule has 4 heteroatoms. The summed E-state index contributed by atoms with van der Waals surface area (Å²) in [7, 11) is 0. The fourth-order valence-corrected chi connectivity index (χ4v) is 3.94. The van der Waals surface area contributed by atoms with E-state index in [1.165, 1.54) is 32.4 Å². The summed E-state index contributed by atoms with van der Waals surface area (Å²) in [5.41, 5.74) is 3.33. The fraction of sp³-hybridized carbons (Fsp3) is 0.412. The van der Waals surface area contributed by atoms with Crippen molar-refractivity contribution in [3.05, 3.63) is 47.1 Å². The quantitative estimate of drug-likeness (QED) is 0.849. The van der Waals surface area contributed by atoms with Crippen LogP contribution in [0.25, 0.3) is 11.3 Å². The molecule has 0 N–H and O–H groups in total. The van der Waals surface area contributed by atoms with Gasteiger partial charge in [0.05, 0.1) is 11.4 Å². The van der Waals surface area contributed by atoms with Crippen LogP contribution in [0, 0.1) is 0 Å². The van der Waals surface area contributed by atoms with E-state index < -0.39 is 0 Å². The standard InChI is InChI=1S/C17H18ClN3/c18-14-4-1-3-13(11-14)15-5-6-16(20-19-15)17-7-2-9-21(12-17)10-8-17/h1,3-6,11H,2,7-10,12H2/t17-/m0/s1. The van der Waals surface area contributed by atoms with Crippen molar-refractivity contribution < 1.29 is 0 Å². The summed E-state index contributed by atoms with van der Waals surface area (Å²) in [4.78, 5) is 2.55. The minimum Gasteiger partial charge on any atom is -0.302 e. The highest BCUT2D eigenvalue weighted by atomic mass is 35.5. The van der Waals surface area contributed by atoms with Gasteiger partial charge in [-0.2, -0.15) is 10.2 Å². The Morgan fingerprint density at radius 1 is 1.05 bits per heavy atom. The molecule has 2 aliphatic heterocycles. The predicted molar refractivity (Wildman–Crippen MR) is 84.4 cm³/mol. The van der Waals surface area contributed by atoms with E-state index >= 15 is 0 Å². The van der Waals surface area contributed by atoms with Crippen LogP contribution in [0.5, 0.6) is 0 Å². The van der Waals surface area contributed by atoms with Gasteiger partial charge in [-0.15, -0.1) is 0 Å². The lowest BCUT2D eigenvalue weighted by atomic mass is 9.78. The molecule has 0 spiro atoms. The lowest BCUT2D eigenvalue weighted by molar-refractivity contribution is 0.239. The zero-order valence-electron chi connectivity index (χ0n) is 11.9. The highest BCUT2D eigenvalue weighted by Gasteiger charge is 2.43. The number of hydrogen-bond acceptors (Lipinski definition) is 3. The summed E-state index contributed by atoms with van der Waals surface area (Å²) in [5, 5.41) is 9.74. The van der Waals surface area contributed by atoms with E-state index in [0.29, 0.717) is 0 Å². The van der Waals surface area contributed by atoms with E-state index in [1.807, 2.05) is 24.3 Å². The Morgan fingerprint density at radius 2 is 2.00 bits per heavy atom. The van der Waals surface area contributed by atoms with E-state index in [2.05, 4.69) is 27.2 Å². The first kappa shape index (κ1) is 13.2. The third kappa shape index (κ3) is 2.34. The van der Waals surface area contributed by atoms with Crippen LogP contribution in [-0.2, 0) is 5.41 Å². The van der Waals surface area contributed by atoms with Crippen LogP contribution in [0.1, 0.15) is 25.0 Å². The monoisotopic (exact) mass is 299 g/mol. The number of fused-ring (bicyclic) bond motifs is 2. The lowest BCUT2D eigenvalue weighted by Crippen LogP contribution is -2.37. The first-order valence-electron chi connectivity index (χ1n) is 7.58. The number of halogens is 1. The second-order valence-corrected chi connectivity index (χ2v) is 6.66. The number of piperidine rings is 1. The van der Waals surface area contributed by atoms with Crippen molar-refractivity contribution in [2.24, 2.45) is 0 Å². The minimum absolute atomic E-state index is 0.248. The van der Waals surface area contributed by atoms with E-state index in [0.717, 1.165) is 28.5 Å². The van der Waals surface area contributed by atoms with Crippen molar-refractivity contribution >= 4 is 11.6 Å². The molecule has 1 aromatic heterocycles. The molecular formula is C17H18ClN3. The molecular weight excluding hydrogens is 282 g/mol. The van der Waals surface area contributed by atoms with Gasteiger partial charge in [-0.05, 0) is 56.6 Å². The molecule has 108 valence electrons. The molecule has 3 nitrogen and oxygen atoms in total. The van der Waals surface area contributed by atoms with Gasteiger partial charge in [0, 0.05) is 22.5 Å². The third-order valence-corrected chi connectivity index (χ3v) is 5.13. The molecule has 2 bridgehead atoms. The number of aromatic nitrogens is 2. The largest absolute Gasteiger partial charge is 0.302 e. The molecule has 1 aromatic carbocycles. The van der Waals surface area contributed by atoms with Gasteiger partial charge in [-0.1, -0.05) is 23.7 Å². The molecule has 2 saturated heterocycles. The molecule has 3 heterocycles. The maximum atomic E-state index is 6.04. The second kappa shape index (κ2) is 5.08. The Hall–Kier alpha value is -1.45. The van der Waals surface area contributed by atoms with Gasteiger partial charge >= 0.3 is 0 Å². The highest BCUT2D eigenvalue weighted by molar-refractivity contribution is 6.30. The Bertz CT molecular complexity index is 651. The van der Waals surface area contributed by atoms with Gasteiger partial charge in [0.2, 0.25) is 0 Å². The average molecular weight is 300 g/mol. The molecule has 1 unspecified atom stereocenters. The van der Waals surface area contributed by atoms with Gasteiger partial charge < -0.3 is 4.90 Å². The summed E-state index contributed by atoms with van der Waals surface area (Å²) in [6.07, 6.45) is 3.74. The summed E-state index contributed by atoms with van der Waals surface area (Å²) < 4.78 is 0. The lowest BCUT2D eigenvalue weighted by Gasteiger charge is -2.33. The number of rotatable bonds is 2. The number of nitrogens with zero attached hydrogens (tertiary/aromatic N) is 3. The molecule has 2 fully saturated rings. The van der Waals surface area contributed by atoms with E-state index in [1.54, 1.807) is 0 Å². The van der Waals surface area contributed by atoms with E-state index in [9.17, 15) is 0 Å². The summed E-state index contributed by atoms with van der Waals surface area (Å²) in [6, 6.07) is 12.0. The molecule has 0 aliphatic carbocycles. The Morgan fingerprint density at radius 3 is 2.81 bits per heavy atom. The van der Waals surface area contributed by atoms with Crippen molar-refractivity contribution in [1.82, 2.24) is 15.1 Å². The predicted octanol–water partition coefficient (Wildman–Crippen LogP) is 3.53. The SMILES string of the molecule is Clc1cccc(-c2ccc([C@@]34CCCN(CC3)C4)nn2)c1. The van der Waals surface area contributed by atoms with Crippen molar-refractivity contribution in [3.8, 4) is 11.3 Å². The molecule has 4 rings (SSSR count). The summed E-state index contributed by atoms with van der Waals surface area (Å²) in [6.45, 7) is 3.60. The Balaban J connectivity index is 1.65. The number of benzene rings is 1. The van der Waals surface area contributed by atoms with Crippen molar-refractivity contribution in [1.29, 1.82) is 0 Å².